The topological polar surface area (TPSA) is 68.3 Å². The van der Waals surface area contributed by atoms with Gasteiger partial charge in [0.25, 0.3) is 0 Å². The third-order valence-corrected chi connectivity index (χ3v) is 6.11. The Morgan fingerprint density at radius 3 is 1.69 bits per heavy atom. The molecule has 0 spiro atoms. The van der Waals surface area contributed by atoms with E-state index in [0.29, 0.717) is 18.8 Å². The van der Waals surface area contributed by atoms with Crippen LogP contribution in [0.3, 0.4) is 0 Å². The summed E-state index contributed by atoms with van der Waals surface area (Å²) in [5.41, 5.74) is 10.2. The Balaban J connectivity index is 1.34. The van der Waals surface area contributed by atoms with Crippen LogP contribution < -0.4 is 15.2 Å². The number of nitrogen functional groups attached to an aromatic ring is 1. The summed E-state index contributed by atoms with van der Waals surface area (Å²) in [4.78, 5) is 0. The number of rotatable bonds is 9. The molecule has 0 unspecified atom stereocenters. The van der Waals surface area contributed by atoms with Crippen molar-refractivity contribution in [2.75, 3.05) is 0 Å². The van der Waals surface area contributed by atoms with Crippen molar-refractivity contribution in [1.82, 2.24) is 0 Å². The van der Waals surface area contributed by atoms with E-state index in [1.165, 1.54) is 12.1 Å². The second-order valence-corrected chi connectivity index (χ2v) is 8.99. The lowest BCUT2D eigenvalue weighted by molar-refractivity contribution is 0.300. The van der Waals surface area contributed by atoms with Gasteiger partial charge in [-0.15, -0.1) is 0 Å². The largest absolute Gasteiger partial charge is 0.489 e. The van der Waals surface area contributed by atoms with Crippen molar-refractivity contribution in [2.24, 2.45) is 5.73 Å². The molecule has 0 aliphatic heterocycles. The first-order valence-corrected chi connectivity index (χ1v) is 11.5. The second-order valence-electron chi connectivity index (χ2n) is 8.99. The highest BCUT2D eigenvalue weighted by molar-refractivity contribution is 5.94. The molecule has 0 bridgehead atoms. The Labute approximate surface area is 205 Å². The van der Waals surface area contributed by atoms with Gasteiger partial charge in [-0.3, -0.25) is 5.41 Å². The van der Waals surface area contributed by atoms with E-state index in [-0.39, 0.29) is 17.1 Å². The lowest BCUT2D eigenvalue weighted by Gasteiger charge is -2.26. The van der Waals surface area contributed by atoms with Crippen molar-refractivity contribution in [3.63, 3.8) is 0 Å². The quantitative estimate of drug-likeness (QED) is 0.215. The van der Waals surface area contributed by atoms with E-state index >= 15 is 0 Å². The normalized spacial score (nSPS) is 11.2. The molecule has 0 heterocycles. The number of hydrogen-bond acceptors (Lipinski definition) is 3. The Bertz CT molecular complexity index is 1280. The molecule has 3 N–H and O–H groups in total. The van der Waals surface area contributed by atoms with E-state index in [9.17, 15) is 4.39 Å². The zero-order valence-corrected chi connectivity index (χ0v) is 19.9. The number of benzene rings is 4. The van der Waals surface area contributed by atoms with Crippen LogP contribution in [-0.2, 0) is 18.6 Å². The van der Waals surface area contributed by atoms with Gasteiger partial charge in [0.1, 0.15) is 36.4 Å². The standard InChI is InChI=1S/C30H29FN2O2/c1-30(2,24-8-12-26(31)13-9-24)25-10-16-28(17-11-25)35-20-22-5-3-4-21(18-22)19-34-27-14-6-23(7-15-27)29(32)33/h3-18H,19-20H2,1-2H3,(H3,32,33). The zero-order valence-electron chi connectivity index (χ0n) is 19.9. The van der Waals surface area contributed by atoms with Gasteiger partial charge >= 0.3 is 0 Å². The minimum Gasteiger partial charge on any atom is -0.489 e. The number of nitrogens with one attached hydrogen (secondary N) is 1. The fourth-order valence-electron chi connectivity index (χ4n) is 3.87. The molecule has 0 aromatic heterocycles. The van der Waals surface area contributed by atoms with Crippen molar-refractivity contribution in [3.8, 4) is 11.5 Å². The Morgan fingerprint density at radius 1 is 0.743 bits per heavy atom. The number of nitrogens with two attached hydrogens (primary N) is 1. The molecule has 178 valence electrons. The Kier molecular flexibility index (Phi) is 7.16. The summed E-state index contributed by atoms with van der Waals surface area (Å²) in [6.07, 6.45) is 0. The molecule has 4 aromatic carbocycles. The van der Waals surface area contributed by atoms with Gasteiger partial charge in [0.05, 0.1) is 0 Å². The lowest BCUT2D eigenvalue weighted by Crippen LogP contribution is -2.18. The van der Waals surface area contributed by atoms with Gasteiger partial charge in [0.15, 0.2) is 0 Å². The molecular formula is C30H29FN2O2. The zero-order chi connectivity index (χ0) is 24.8. The fraction of sp³-hybridized carbons (Fsp3) is 0.167. The molecule has 0 saturated carbocycles. The average Bonchev–Trinajstić information content (AvgIpc) is 2.87. The molecule has 0 saturated heterocycles. The molecule has 35 heavy (non-hydrogen) atoms. The predicted molar refractivity (Wildman–Crippen MR) is 138 cm³/mol. The number of amidine groups is 1. The minimum absolute atomic E-state index is 0.0375. The van der Waals surface area contributed by atoms with E-state index in [1.54, 1.807) is 12.1 Å². The summed E-state index contributed by atoms with van der Waals surface area (Å²) in [5.74, 6) is 1.32. The molecule has 0 radical (unpaired) electrons. The highest BCUT2D eigenvalue weighted by Gasteiger charge is 2.23. The maximum atomic E-state index is 13.3. The van der Waals surface area contributed by atoms with E-state index in [0.717, 1.165) is 33.8 Å². The first kappa shape index (κ1) is 24.0. The van der Waals surface area contributed by atoms with E-state index in [1.807, 2.05) is 54.6 Å². The monoisotopic (exact) mass is 468 g/mol. The van der Waals surface area contributed by atoms with Gasteiger partial charge in [-0.05, 0) is 76.9 Å². The van der Waals surface area contributed by atoms with Gasteiger partial charge in [-0.2, -0.15) is 0 Å². The highest BCUT2D eigenvalue weighted by Crippen LogP contribution is 2.32. The summed E-state index contributed by atoms with van der Waals surface area (Å²) in [5, 5.41) is 7.46. The van der Waals surface area contributed by atoms with Gasteiger partial charge in [0, 0.05) is 11.0 Å². The Morgan fingerprint density at radius 2 is 1.20 bits per heavy atom. The first-order chi connectivity index (χ1) is 16.8. The van der Waals surface area contributed by atoms with Crippen LogP contribution >= 0.6 is 0 Å². The van der Waals surface area contributed by atoms with Crippen LogP contribution in [0.2, 0.25) is 0 Å². The second kappa shape index (κ2) is 10.4. The highest BCUT2D eigenvalue weighted by atomic mass is 19.1. The van der Waals surface area contributed by atoms with Crippen LogP contribution in [0.4, 0.5) is 4.39 Å². The van der Waals surface area contributed by atoms with Gasteiger partial charge < -0.3 is 15.2 Å². The molecule has 0 fully saturated rings. The molecule has 5 heteroatoms. The molecule has 4 rings (SSSR count). The van der Waals surface area contributed by atoms with Crippen LogP contribution in [0.15, 0.2) is 97.1 Å². The minimum atomic E-state index is -0.243. The van der Waals surface area contributed by atoms with Crippen molar-refractivity contribution < 1.29 is 13.9 Å². The maximum Gasteiger partial charge on any atom is 0.123 e. The van der Waals surface area contributed by atoms with Crippen molar-refractivity contribution in [2.45, 2.75) is 32.5 Å². The van der Waals surface area contributed by atoms with E-state index < -0.39 is 0 Å². The Hall–Kier alpha value is -4.12. The average molecular weight is 469 g/mol. The van der Waals surface area contributed by atoms with Crippen molar-refractivity contribution >= 4 is 5.84 Å². The van der Waals surface area contributed by atoms with Crippen LogP contribution in [0.1, 0.15) is 41.7 Å². The van der Waals surface area contributed by atoms with Crippen LogP contribution in [0.25, 0.3) is 0 Å². The molecule has 0 aliphatic rings. The summed E-state index contributed by atoms with van der Waals surface area (Å²) < 4.78 is 25.2. The van der Waals surface area contributed by atoms with Gasteiger partial charge in [0.2, 0.25) is 0 Å². The van der Waals surface area contributed by atoms with Crippen molar-refractivity contribution in [1.29, 1.82) is 5.41 Å². The predicted octanol–water partition coefficient (Wildman–Crippen LogP) is 6.59. The van der Waals surface area contributed by atoms with Gasteiger partial charge in [-0.25, -0.2) is 4.39 Å². The van der Waals surface area contributed by atoms with E-state index in [2.05, 4.69) is 32.0 Å². The molecule has 4 aromatic rings. The van der Waals surface area contributed by atoms with Gasteiger partial charge in [-0.1, -0.05) is 56.3 Å². The number of halogens is 1. The fourth-order valence-corrected chi connectivity index (χ4v) is 3.87. The van der Waals surface area contributed by atoms with E-state index in [4.69, 9.17) is 20.6 Å². The number of hydrogen-bond donors (Lipinski definition) is 2. The molecule has 0 aliphatic carbocycles. The number of ether oxygens (including phenoxy) is 2. The summed E-state index contributed by atoms with van der Waals surface area (Å²) >= 11 is 0. The lowest BCUT2D eigenvalue weighted by atomic mass is 9.78. The SMILES string of the molecule is CC(C)(c1ccc(F)cc1)c1ccc(OCc2cccc(COc3ccc(C(=N)N)cc3)c2)cc1. The summed E-state index contributed by atoms with van der Waals surface area (Å²) in [6, 6.07) is 30.0. The molecule has 0 atom stereocenters. The molecular weight excluding hydrogens is 439 g/mol. The maximum absolute atomic E-state index is 13.3. The van der Waals surface area contributed by atoms with Crippen molar-refractivity contribution in [3.05, 3.63) is 131 Å². The smallest absolute Gasteiger partial charge is 0.123 e. The van der Waals surface area contributed by atoms with Crippen LogP contribution in [0.5, 0.6) is 11.5 Å². The summed E-state index contributed by atoms with van der Waals surface area (Å²) in [7, 11) is 0. The van der Waals surface area contributed by atoms with Crippen LogP contribution in [-0.4, -0.2) is 5.84 Å². The molecule has 4 nitrogen and oxygen atoms in total. The third kappa shape index (κ3) is 6.07. The molecule has 0 amide bonds. The third-order valence-electron chi connectivity index (χ3n) is 6.11. The summed E-state index contributed by atoms with van der Waals surface area (Å²) in [6.45, 7) is 5.13. The first-order valence-electron chi connectivity index (χ1n) is 11.5. The van der Waals surface area contributed by atoms with Crippen LogP contribution in [0, 0.1) is 11.2 Å².